The first-order chi connectivity index (χ1) is 15.4. The number of amides is 3. The second-order valence-electron chi connectivity index (χ2n) is 8.47. The molecule has 0 unspecified atom stereocenters. The minimum atomic E-state index is -0.976. The maximum Gasteiger partial charge on any atom is 0.332 e. The lowest BCUT2D eigenvalue weighted by Gasteiger charge is -2.28. The largest absolute Gasteiger partial charge is 0.457 e. The minimum Gasteiger partial charge on any atom is -0.457 e. The number of ether oxygens (including phenoxy) is 1. The van der Waals surface area contributed by atoms with E-state index in [1.165, 1.54) is 4.90 Å². The molecule has 1 fully saturated rings. The Balaban J connectivity index is 1.66. The van der Waals surface area contributed by atoms with E-state index in [2.05, 4.69) is 6.92 Å². The molecular formula is C27H28N2O3. The zero-order valence-corrected chi connectivity index (χ0v) is 18.7. The summed E-state index contributed by atoms with van der Waals surface area (Å²) < 4.78 is 6.08. The van der Waals surface area contributed by atoms with E-state index < -0.39 is 5.54 Å². The zero-order chi connectivity index (χ0) is 22.7. The lowest BCUT2D eigenvalue weighted by Crippen LogP contribution is -2.43. The first-order valence-electron chi connectivity index (χ1n) is 11.0. The summed E-state index contributed by atoms with van der Waals surface area (Å²) in [5.41, 5.74) is 1.54. The van der Waals surface area contributed by atoms with Crippen molar-refractivity contribution in [2.24, 2.45) is 0 Å². The van der Waals surface area contributed by atoms with Gasteiger partial charge in [0.1, 0.15) is 17.0 Å². The van der Waals surface area contributed by atoms with Crippen LogP contribution in [0.5, 0.6) is 11.5 Å². The van der Waals surface area contributed by atoms with Crippen LogP contribution < -0.4 is 9.64 Å². The Labute approximate surface area is 189 Å². The molecule has 3 amide bonds. The maximum absolute atomic E-state index is 13.6. The Morgan fingerprint density at radius 2 is 1.44 bits per heavy atom. The number of para-hydroxylation sites is 3. The fourth-order valence-electron chi connectivity index (χ4n) is 4.04. The molecule has 0 bridgehead atoms. The normalized spacial score (nSPS) is 15.3. The van der Waals surface area contributed by atoms with E-state index in [9.17, 15) is 9.59 Å². The highest BCUT2D eigenvalue weighted by molar-refractivity contribution is 6.23. The van der Waals surface area contributed by atoms with Crippen molar-refractivity contribution in [3.05, 3.63) is 90.0 Å². The van der Waals surface area contributed by atoms with E-state index >= 15 is 0 Å². The van der Waals surface area contributed by atoms with E-state index in [-0.39, 0.29) is 18.5 Å². The molecular weight excluding hydrogens is 400 g/mol. The van der Waals surface area contributed by atoms with Crippen molar-refractivity contribution in [1.29, 1.82) is 0 Å². The number of anilines is 1. The van der Waals surface area contributed by atoms with Crippen molar-refractivity contribution in [2.45, 2.75) is 45.7 Å². The van der Waals surface area contributed by atoms with E-state index in [4.69, 9.17) is 4.74 Å². The van der Waals surface area contributed by atoms with Gasteiger partial charge in [0, 0.05) is 5.56 Å². The van der Waals surface area contributed by atoms with Gasteiger partial charge in [-0.1, -0.05) is 67.9 Å². The van der Waals surface area contributed by atoms with Crippen LogP contribution in [0.3, 0.4) is 0 Å². The fraction of sp³-hybridized carbons (Fsp3) is 0.259. The number of carbonyl (C=O) groups is 2. The molecule has 0 radical (unpaired) electrons. The number of hydrogen-bond acceptors (Lipinski definition) is 3. The van der Waals surface area contributed by atoms with Gasteiger partial charge in [-0.25, -0.2) is 9.69 Å². The van der Waals surface area contributed by atoms with Crippen LogP contribution in [-0.2, 0) is 17.8 Å². The summed E-state index contributed by atoms with van der Waals surface area (Å²) in [6.45, 7) is 5.96. The Hall–Kier alpha value is -3.60. The molecule has 3 aromatic carbocycles. The van der Waals surface area contributed by atoms with Crippen molar-refractivity contribution in [1.82, 2.24) is 4.90 Å². The number of aryl methyl sites for hydroxylation is 1. The zero-order valence-electron chi connectivity index (χ0n) is 18.7. The first-order valence-corrected chi connectivity index (χ1v) is 11.0. The molecule has 0 aromatic heterocycles. The topological polar surface area (TPSA) is 49.9 Å². The molecule has 1 aliphatic rings. The third-order valence-electron chi connectivity index (χ3n) is 5.85. The molecule has 4 rings (SSSR count). The van der Waals surface area contributed by atoms with Gasteiger partial charge in [0.2, 0.25) is 0 Å². The average molecular weight is 429 g/mol. The van der Waals surface area contributed by atoms with Crippen molar-refractivity contribution in [3.63, 3.8) is 0 Å². The molecule has 5 heteroatoms. The number of rotatable bonds is 7. The lowest BCUT2D eigenvalue weighted by atomic mass is 10.0. The van der Waals surface area contributed by atoms with E-state index in [0.717, 1.165) is 29.7 Å². The second-order valence-corrected chi connectivity index (χ2v) is 8.47. The van der Waals surface area contributed by atoms with Crippen LogP contribution >= 0.6 is 0 Å². The van der Waals surface area contributed by atoms with Crippen LogP contribution in [0.2, 0.25) is 0 Å². The lowest BCUT2D eigenvalue weighted by molar-refractivity contribution is -0.123. The van der Waals surface area contributed by atoms with Crippen molar-refractivity contribution in [2.75, 3.05) is 4.90 Å². The monoisotopic (exact) mass is 428 g/mol. The number of nitrogens with zero attached hydrogens (tertiary/aromatic N) is 2. The molecule has 1 saturated heterocycles. The summed E-state index contributed by atoms with van der Waals surface area (Å²) in [6, 6.07) is 24.5. The minimum absolute atomic E-state index is 0.215. The van der Waals surface area contributed by atoms with Crippen LogP contribution in [0.4, 0.5) is 10.5 Å². The third-order valence-corrected chi connectivity index (χ3v) is 5.85. The molecule has 0 spiro atoms. The van der Waals surface area contributed by atoms with Gasteiger partial charge in [-0.15, -0.1) is 0 Å². The summed E-state index contributed by atoms with van der Waals surface area (Å²) in [5.74, 6) is 1.17. The Morgan fingerprint density at radius 1 is 0.812 bits per heavy atom. The van der Waals surface area contributed by atoms with Crippen LogP contribution in [0.1, 0.15) is 38.3 Å². The van der Waals surface area contributed by atoms with Crippen LogP contribution in [0, 0.1) is 0 Å². The van der Waals surface area contributed by atoms with Gasteiger partial charge in [-0.2, -0.15) is 0 Å². The fourth-order valence-corrected chi connectivity index (χ4v) is 4.04. The molecule has 0 N–H and O–H groups in total. The van der Waals surface area contributed by atoms with E-state index in [1.807, 2.05) is 78.9 Å². The predicted octanol–water partition coefficient (Wildman–Crippen LogP) is 6.18. The molecule has 32 heavy (non-hydrogen) atoms. The molecule has 1 aliphatic heterocycles. The molecule has 164 valence electrons. The number of urea groups is 1. The van der Waals surface area contributed by atoms with Crippen molar-refractivity contribution >= 4 is 17.6 Å². The van der Waals surface area contributed by atoms with Crippen molar-refractivity contribution < 1.29 is 14.3 Å². The summed E-state index contributed by atoms with van der Waals surface area (Å²) in [7, 11) is 0. The number of benzene rings is 3. The molecule has 3 aromatic rings. The molecule has 0 atom stereocenters. The van der Waals surface area contributed by atoms with Gasteiger partial charge in [-0.3, -0.25) is 4.79 Å². The van der Waals surface area contributed by atoms with Gasteiger partial charge in [0.05, 0.1) is 12.2 Å². The van der Waals surface area contributed by atoms with Gasteiger partial charge < -0.3 is 9.64 Å². The highest BCUT2D eigenvalue weighted by Gasteiger charge is 2.52. The van der Waals surface area contributed by atoms with Gasteiger partial charge in [-0.05, 0) is 50.1 Å². The standard InChI is InChI=1S/C27H28N2O3/c1-4-12-20-13-8-10-17-23(20)29-25(30)27(2,3)28(26(29)31)19-21-14-9-11-18-24(21)32-22-15-6-5-7-16-22/h5-11,13-18H,4,12,19H2,1-3H3. The third kappa shape index (κ3) is 3.98. The highest BCUT2D eigenvalue weighted by Crippen LogP contribution is 2.36. The smallest absolute Gasteiger partial charge is 0.332 e. The van der Waals surface area contributed by atoms with E-state index in [1.54, 1.807) is 18.7 Å². The quantitative estimate of drug-likeness (QED) is 0.422. The SMILES string of the molecule is CCCc1ccccc1N1C(=O)N(Cc2ccccc2Oc2ccccc2)C(C)(C)C1=O. The van der Waals surface area contributed by atoms with Gasteiger partial charge in [0.25, 0.3) is 5.91 Å². The summed E-state index contributed by atoms with van der Waals surface area (Å²) in [5, 5.41) is 0. The van der Waals surface area contributed by atoms with Crippen LogP contribution in [0.15, 0.2) is 78.9 Å². The van der Waals surface area contributed by atoms with Crippen molar-refractivity contribution in [3.8, 4) is 11.5 Å². The second kappa shape index (κ2) is 8.87. The molecule has 0 saturated carbocycles. The van der Waals surface area contributed by atoms with Crippen LogP contribution in [-0.4, -0.2) is 22.4 Å². The van der Waals surface area contributed by atoms with Crippen LogP contribution in [0.25, 0.3) is 0 Å². The maximum atomic E-state index is 13.6. The Kier molecular flexibility index (Phi) is 5.99. The predicted molar refractivity (Wildman–Crippen MR) is 126 cm³/mol. The van der Waals surface area contributed by atoms with Gasteiger partial charge >= 0.3 is 6.03 Å². The van der Waals surface area contributed by atoms with Gasteiger partial charge in [0.15, 0.2) is 0 Å². The highest BCUT2D eigenvalue weighted by atomic mass is 16.5. The Morgan fingerprint density at radius 3 is 2.16 bits per heavy atom. The first kappa shape index (κ1) is 21.6. The number of imide groups is 1. The molecule has 5 nitrogen and oxygen atoms in total. The average Bonchev–Trinajstić information content (AvgIpc) is 2.96. The summed E-state index contributed by atoms with van der Waals surface area (Å²) in [6.07, 6.45) is 1.74. The van der Waals surface area contributed by atoms with E-state index in [0.29, 0.717) is 11.4 Å². The number of carbonyl (C=O) groups excluding carboxylic acids is 2. The Bertz CT molecular complexity index is 1120. The molecule has 0 aliphatic carbocycles. The molecule has 1 heterocycles. The number of hydrogen-bond donors (Lipinski definition) is 0. The summed E-state index contributed by atoms with van der Waals surface area (Å²) >= 11 is 0. The summed E-state index contributed by atoms with van der Waals surface area (Å²) in [4.78, 5) is 29.9.